The molecule has 0 unspecified atom stereocenters. The van der Waals surface area contributed by atoms with Crippen LogP contribution in [0.3, 0.4) is 0 Å². The molecule has 0 aliphatic heterocycles. The Hall–Kier alpha value is -3.99. The molecule has 0 bridgehead atoms. The molecule has 0 saturated heterocycles. The third-order valence-corrected chi connectivity index (χ3v) is 6.00. The van der Waals surface area contributed by atoms with Gasteiger partial charge in [0, 0.05) is 24.9 Å². The Bertz CT molecular complexity index is 1420. The first-order valence-electron chi connectivity index (χ1n) is 11.9. The average molecular weight is 584 g/mol. The van der Waals surface area contributed by atoms with Crippen LogP contribution < -0.4 is 14.8 Å². The van der Waals surface area contributed by atoms with Gasteiger partial charge >= 0.3 is 5.97 Å². The largest absolute Gasteiger partial charge is 0.489 e. The molecule has 0 spiro atoms. The fourth-order valence-electron chi connectivity index (χ4n) is 3.71. The van der Waals surface area contributed by atoms with Crippen molar-refractivity contribution in [2.24, 2.45) is 5.92 Å². The monoisotopic (exact) mass is 583 g/mol. The van der Waals surface area contributed by atoms with Gasteiger partial charge in [0.15, 0.2) is 5.78 Å². The summed E-state index contributed by atoms with van der Waals surface area (Å²) in [6.07, 6.45) is -0.230. The van der Waals surface area contributed by atoms with Gasteiger partial charge in [0.2, 0.25) is 40.7 Å². The van der Waals surface area contributed by atoms with E-state index in [0.29, 0.717) is 11.3 Å². The molecule has 6 nitrogen and oxygen atoms in total. The highest BCUT2D eigenvalue weighted by molar-refractivity contribution is 6.32. The van der Waals surface area contributed by atoms with Gasteiger partial charge in [0.05, 0.1) is 16.7 Å². The summed E-state index contributed by atoms with van der Waals surface area (Å²) in [6.45, 7) is 3.65. The number of benzene rings is 3. The van der Waals surface area contributed by atoms with E-state index in [1.165, 1.54) is 43.4 Å². The molecule has 0 aromatic heterocycles. The Balaban J connectivity index is 1.73. The van der Waals surface area contributed by atoms with Gasteiger partial charge in [-0.2, -0.15) is 8.78 Å². The third-order valence-electron chi connectivity index (χ3n) is 5.70. The van der Waals surface area contributed by atoms with Crippen molar-refractivity contribution in [3.63, 3.8) is 0 Å². The number of hydrogen-bond donors (Lipinski definition) is 1. The predicted molar refractivity (Wildman–Crippen MR) is 135 cm³/mol. The number of rotatable bonds is 10. The number of hydrogen-bond acceptors (Lipinski definition) is 5. The minimum Gasteiger partial charge on any atom is -0.489 e. The van der Waals surface area contributed by atoms with Gasteiger partial charge in [-0.15, -0.1) is 0 Å². The average Bonchev–Trinajstić information content (AvgIpc) is 2.93. The fraction of sp³-hybridized carbons (Fsp3) is 0.250. The molecule has 0 fully saturated rings. The van der Waals surface area contributed by atoms with Crippen LogP contribution in [0.5, 0.6) is 11.5 Å². The van der Waals surface area contributed by atoms with Crippen molar-refractivity contribution in [3.05, 3.63) is 93.3 Å². The standard InChI is InChI=1S/C28H23ClF5NO5/c1-13(2)39-20-9-8-16(11-18(20)29)19(36)12-17(27(37)35-3)10-14-4-6-15(7-5-14)28(38)40-26-24(33)22(31)21(30)23(32)25(26)34/h4-9,11,13,17H,10,12H2,1-3H3,(H,35,37)/t17-/m1/s1. The van der Waals surface area contributed by atoms with Crippen molar-refractivity contribution in [2.75, 3.05) is 7.05 Å². The summed E-state index contributed by atoms with van der Waals surface area (Å²) in [7, 11) is 1.41. The molecule has 1 atom stereocenters. The van der Waals surface area contributed by atoms with E-state index in [9.17, 15) is 36.3 Å². The summed E-state index contributed by atoms with van der Waals surface area (Å²) in [6, 6.07) is 9.70. The van der Waals surface area contributed by atoms with Crippen LogP contribution >= 0.6 is 11.6 Å². The first-order valence-corrected chi connectivity index (χ1v) is 12.2. The molecule has 3 aromatic carbocycles. The predicted octanol–water partition coefficient (Wildman–Crippen LogP) is 6.22. The zero-order valence-corrected chi connectivity index (χ0v) is 22.2. The lowest BCUT2D eigenvalue weighted by atomic mass is 9.91. The number of carbonyl (C=O) groups excluding carboxylic acids is 3. The Morgan fingerprint density at radius 3 is 1.93 bits per heavy atom. The van der Waals surface area contributed by atoms with E-state index in [-0.39, 0.29) is 40.9 Å². The molecule has 0 heterocycles. The second-order valence-electron chi connectivity index (χ2n) is 8.94. The molecule has 0 aliphatic carbocycles. The maximum atomic E-state index is 13.8. The second-order valence-corrected chi connectivity index (χ2v) is 9.35. The molecule has 1 N–H and O–H groups in total. The van der Waals surface area contributed by atoms with E-state index >= 15 is 0 Å². The maximum absolute atomic E-state index is 13.8. The van der Waals surface area contributed by atoms with Crippen molar-refractivity contribution < 1.29 is 45.8 Å². The molecule has 0 saturated carbocycles. The Labute approximate surface area is 231 Å². The van der Waals surface area contributed by atoms with Crippen molar-refractivity contribution in [3.8, 4) is 11.5 Å². The van der Waals surface area contributed by atoms with Crippen LogP contribution in [0.15, 0.2) is 42.5 Å². The smallest absolute Gasteiger partial charge is 0.343 e. The molecule has 0 radical (unpaired) electrons. The normalized spacial score (nSPS) is 11.8. The number of carbonyl (C=O) groups is 3. The minimum atomic E-state index is -2.39. The summed E-state index contributed by atoms with van der Waals surface area (Å²) < 4.78 is 77.6. The van der Waals surface area contributed by atoms with Crippen molar-refractivity contribution in [1.82, 2.24) is 5.32 Å². The number of nitrogens with one attached hydrogen (secondary N) is 1. The third kappa shape index (κ3) is 6.95. The van der Waals surface area contributed by atoms with Crippen LogP contribution in [0.2, 0.25) is 5.02 Å². The van der Waals surface area contributed by atoms with Gasteiger partial charge in [-0.1, -0.05) is 23.7 Å². The summed E-state index contributed by atoms with van der Waals surface area (Å²) in [5.41, 5.74) is 0.521. The molecule has 40 heavy (non-hydrogen) atoms. The zero-order valence-electron chi connectivity index (χ0n) is 21.4. The Morgan fingerprint density at radius 1 is 0.850 bits per heavy atom. The quantitative estimate of drug-likeness (QED) is 0.0765. The lowest BCUT2D eigenvalue weighted by Crippen LogP contribution is -2.30. The number of Topliss-reactive ketones (excluding diaryl/α,β-unsaturated/α-hetero) is 1. The van der Waals surface area contributed by atoms with Crippen LogP contribution in [0.4, 0.5) is 22.0 Å². The van der Waals surface area contributed by atoms with Crippen LogP contribution in [-0.4, -0.2) is 30.8 Å². The number of esters is 1. The molecule has 212 valence electrons. The highest BCUT2D eigenvalue weighted by Gasteiger charge is 2.29. The SMILES string of the molecule is CNC(=O)[C@@H](CC(=O)c1ccc(OC(C)C)c(Cl)c1)Cc1ccc(C(=O)Oc2c(F)c(F)c(F)c(F)c2F)cc1. The highest BCUT2D eigenvalue weighted by atomic mass is 35.5. The maximum Gasteiger partial charge on any atom is 0.343 e. The zero-order chi connectivity index (χ0) is 29.7. The Kier molecular flexibility index (Phi) is 9.86. The van der Waals surface area contributed by atoms with E-state index in [1.807, 2.05) is 13.8 Å². The molecule has 3 aromatic rings. The lowest BCUT2D eigenvalue weighted by Gasteiger charge is -2.16. The summed E-state index contributed by atoms with van der Waals surface area (Å²) >= 11 is 6.22. The van der Waals surface area contributed by atoms with Crippen LogP contribution in [0.1, 0.15) is 46.5 Å². The van der Waals surface area contributed by atoms with Crippen LogP contribution in [0, 0.1) is 35.0 Å². The van der Waals surface area contributed by atoms with Gasteiger partial charge in [-0.25, -0.2) is 18.0 Å². The van der Waals surface area contributed by atoms with E-state index in [1.54, 1.807) is 6.07 Å². The molecule has 1 amide bonds. The molecule has 0 aliphatic rings. The van der Waals surface area contributed by atoms with Crippen molar-refractivity contribution in [1.29, 1.82) is 0 Å². The molecule has 12 heteroatoms. The van der Waals surface area contributed by atoms with E-state index < -0.39 is 52.6 Å². The first kappa shape index (κ1) is 30.6. The number of halogens is 6. The van der Waals surface area contributed by atoms with E-state index in [0.717, 1.165) is 0 Å². The molecular weight excluding hydrogens is 561 g/mol. The number of ketones is 1. The van der Waals surface area contributed by atoms with E-state index in [2.05, 4.69) is 10.1 Å². The van der Waals surface area contributed by atoms with Gasteiger partial charge in [0.25, 0.3) is 0 Å². The van der Waals surface area contributed by atoms with Crippen molar-refractivity contribution >= 4 is 29.3 Å². The van der Waals surface area contributed by atoms with Crippen LogP contribution in [0.25, 0.3) is 0 Å². The van der Waals surface area contributed by atoms with Gasteiger partial charge in [-0.3, -0.25) is 9.59 Å². The first-order chi connectivity index (χ1) is 18.8. The number of amides is 1. The van der Waals surface area contributed by atoms with Gasteiger partial charge in [-0.05, 0) is 56.2 Å². The lowest BCUT2D eigenvalue weighted by molar-refractivity contribution is -0.124. The van der Waals surface area contributed by atoms with E-state index in [4.69, 9.17) is 16.3 Å². The van der Waals surface area contributed by atoms with Gasteiger partial charge < -0.3 is 14.8 Å². The minimum absolute atomic E-state index is 0.0701. The van der Waals surface area contributed by atoms with Crippen LogP contribution in [-0.2, 0) is 11.2 Å². The van der Waals surface area contributed by atoms with Crippen molar-refractivity contribution in [2.45, 2.75) is 32.8 Å². The van der Waals surface area contributed by atoms with Gasteiger partial charge in [0.1, 0.15) is 5.75 Å². The number of ether oxygens (including phenoxy) is 2. The fourth-order valence-corrected chi connectivity index (χ4v) is 3.94. The molecule has 3 rings (SSSR count). The summed E-state index contributed by atoms with van der Waals surface area (Å²) in [5.74, 6) is -15.8. The highest BCUT2D eigenvalue weighted by Crippen LogP contribution is 2.30. The Morgan fingerprint density at radius 2 is 1.40 bits per heavy atom. The molecular formula is C28H23ClF5NO5. The topological polar surface area (TPSA) is 81.7 Å². The summed E-state index contributed by atoms with van der Waals surface area (Å²) in [4.78, 5) is 37.7. The second kappa shape index (κ2) is 12.9. The summed E-state index contributed by atoms with van der Waals surface area (Å²) in [5, 5.41) is 2.73.